The van der Waals surface area contributed by atoms with Crippen LogP contribution in [0.3, 0.4) is 0 Å². The lowest BCUT2D eigenvalue weighted by molar-refractivity contribution is 0.415. The van der Waals surface area contributed by atoms with Gasteiger partial charge in [-0.2, -0.15) is 0 Å². The van der Waals surface area contributed by atoms with Crippen LogP contribution in [-0.4, -0.2) is 12.1 Å². The van der Waals surface area contributed by atoms with Gasteiger partial charge in [-0.05, 0) is 59.2 Å². The summed E-state index contributed by atoms with van der Waals surface area (Å²) < 4.78 is 19.3. The minimum Gasteiger partial charge on any atom is -0.497 e. The van der Waals surface area contributed by atoms with Crippen LogP contribution in [0.1, 0.15) is 28.3 Å². The Morgan fingerprint density at radius 2 is 1.59 bits per heavy atom. The van der Waals surface area contributed by atoms with Gasteiger partial charge in [0.05, 0.1) is 13.2 Å². The number of methoxy groups -OCH3 is 1. The van der Waals surface area contributed by atoms with Crippen molar-refractivity contribution in [3.05, 3.63) is 131 Å². The van der Waals surface area contributed by atoms with Crippen molar-refractivity contribution in [3.63, 3.8) is 0 Å². The molecule has 0 amide bonds. The first-order chi connectivity index (χ1) is 16.7. The molecule has 0 fully saturated rings. The molecule has 4 aromatic carbocycles. The Hall–Kier alpha value is -4.31. The molecular weight excluding hydrogens is 423 g/mol. The zero-order valence-corrected chi connectivity index (χ0v) is 18.7. The number of benzene rings is 4. The van der Waals surface area contributed by atoms with Gasteiger partial charge in [0.25, 0.3) is 0 Å². The minimum absolute atomic E-state index is 0.107. The van der Waals surface area contributed by atoms with Crippen LogP contribution in [0.4, 0.5) is 10.1 Å². The van der Waals surface area contributed by atoms with Crippen molar-refractivity contribution >= 4 is 28.4 Å². The van der Waals surface area contributed by atoms with Gasteiger partial charge >= 0.3 is 0 Å². The number of hydrogen-bond acceptors (Lipinski definition) is 2. The molecule has 1 aliphatic heterocycles. The molecule has 1 N–H and O–H groups in total. The lowest BCUT2D eigenvalue weighted by atomic mass is 9.87. The fourth-order valence-corrected chi connectivity index (χ4v) is 4.90. The van der Waals surface area contributed by atoms with Gasteiger partial charge in [0.1, 0.15) is 11.6 Å². The van der Waals surface area contributed by atoms with Gasteiger partial charge in [-0.1, -0.05) is 54.6 Å². The van der Waals surface area contributed by atoms with Crippen LogP contribution in [-0.2, 0) is 0 Å². The van der Waals surface area contributed by atoms with Crippen LogP contribution in [0.2, 0.25) is 0 Å². The van der Waals surface area contributed by atoms with Crippen LogP contribution < -0.4 is 9.64 Å². The third kappa shape index (κ3) is 3.35. The Kier molecular flexibility index (Phi) is 4.92. The van der Waals surface area contributed by atoms with Crippen molar-refractivity contribution in [2.24, 2.45) is 0 Å². The summed E-state index contributed by atoms with van der Waals surface area (Å²) >= 11 is 0. The monoisotopic (exact) mass is 446 g/mol. The number of halogens is 1. The van der Waals surface area contributed by atoms with Crippen LogP contribution in [0, 0.1) is 5.82 Å². The highest BCUT2D eigenvalue weighted by Crippen LogP contribution is 2.46. The number of anilines is 1. The second-order valence-corrected chi connectivity index (χ2v) is 8.43. The number of aromatic amines is 1. The van der Waals surface area contributed by atoms with Gasteiger partial charge in [-0.25, -0.2) is 4.39 Å². The molecule has 0 aliphatic carbocycles. The first kappa shape index (κ1) is 20.3. The molecule has 1 unspecified atom stereocenters. The quantitative estimate of drug-likeness (QED) is 0.311. The zero-order valence-electron chi connectivity index (χ0n) is 18.7. The molecule has 166 valence electrons. The first-order valence-corrected chi connectivity index (χ1v) is 11.3. The van der Waals surface area contributed by atoms with E-state index in [0.29, 0.717) is 0 Å². The van der Waals surface area contributed by atoms with Gasteiger partial charge in [0, 0.05) is 40.1 Å². The second-order valence-electron chi connectivity index (χ2n) is 8.43. The highest BCUT2D eigenvalue weighted by Gasteiger charge is 2.33. The average Bonchev–Trinajstić information content (AvgIpc) is 3.31. The molecule has 4 heteroatoms. The van der Waals surface area contributed by atoms with E-state index in [9.17, 15) is 4.39 Å². The summed E-state index contributed by atoms with van der Waals surface area (Å²) in [6, 6.07) is 31.6. The van der Waals surface area contributed by atoms with Crippen molar-refractivity contribution < 1.29 is 9.13 Å². The summed E-state index contributed by atoms with van der Waals surface area (Å²) in [6.07, 6.45) is 4.30. The summed E-state index contributed by atoms with van der Waals surface area (Å²) in [5, 5.41) is 1.13. The number of nitrogens with one attached hydrogen (secondary N) is 1. The maximum atomic E-state index is 13.9. The molecule has 34 heavy (non-hydrogen) atoms. The Morgan fingerprint density at radius 3 is 2.38 bits per heavy atom. The summed E-state index contributed by atoms with van der Waals surface area (Å²) in [5.74, 6) is 0.562. The molecule has 3 nitrogen and oxygen atoms in total. The average molecular weight is 447 g/mol. The van der Waals surface area contributed by atoms with E-state index in [1.54, 1.807) is 7.11 Å². The standard InChI is InChI=1S/C30H23FN2O/c1-34-24-15-16-26-27(19-32-28(26)18-24)30-25-10-6-5-9-21(25)17-29(20-7-3-2-4-8-20)33(30)23-13-11-22(31)12-14-23/h2-19,30,32H,1H3. The fraction of sp³-hybridized carbons (Fsp3) is 0.0667. The Bertz CT molecular complexity index is 1500. The predicted molar refractivity (Wildman–Crippen MR) is 136 cm³/mol. The number of rotatable bonds is 4. The first-order valence-electron chi connectivity index (χ1n) is 11.3. The van der Waals surface area contributed by atoms with Crippen LogP contribution in [0.15, 0.2) is 103 Å². The van der Waals surface area contributed by atoms with Crippen molar-refractivity contribution in [3.8, 4) is 5.75 Å². The molecule has 1 aromatic heterocycles. The number of hydrogen-bond donors (Lipinski definition) is 1. The Labute approximate surface area is 197 Å². The molecule has 1 aliphatic rings. The number of ether oxygens (including phenoxy) is 1. The highest BCUT2D eigenvalue weighted by atomic mass is 19.1. The van der Waals surface area contributed by atoms with Gasteiger partial charge in [0.15, 0.2) is 0 Å². The number of H-pyrrole nitrogens is 1. The molecule has 5 aromatic rings. The van der Waals surface area contributed by atoms with Gasteiger partial charge in [-0.3, -0.25) is 0 Å². The summed E-state index contributed by atoms with van der Waals surface area (Å²) in [4.78, 5) is 5.75. The molecule has 0 saturated carbocycles. The van der Waals surface area contributed by atoms with E-state index < -0.39 is 0 Å². The molecule has 2 heterocycles. The number of nitrogens with zero attached hydrogens (tertiary/aromatic N) is 1. The zero-order chi connectivity index (χ0) is 23.1. The Morgan fingerprint density at radius 1 is 0.824 bits per heavy atom. The molecular formula is C30H23FN2O. The molecule has 6 rings (SSSR count). The fourth-order valence-electron chi connectivity index (χ4n) is 4.90. The van der Waals surface area contributed by atoms with Gasteiger partial charge in [0.2, 0.25) is 0 Å². The van der Waals surface area contributed by atoms with Crippen molar-refractivity contribution in [1.29, 1.82) is 0 Å². The smallest absolute Gasteiger partial charge is 0.123 e. The second kappa shape index (κ2) is 8.23. The largest absolute Gasteiger partial charge is 0.497 e. The summed E-state index contributed by atoms with van der Waals surface area (Å²) in [5.41, 5.74) is 7.64. The van der Waals surface area contributed by atoms with E-state index in [1.807, 2.05) is 42.5 Å². The number of fused-ring (bicyclic) bond motifs is 2. The van der Waals surface area contributed by atoms with Crippen LogP contribution in [0.5, 0.6) is 5.75 Å². The number of aromatic nitrogens is 1. The van der Waals surface area contributed by atoms with Crippen molar-refractivity contribution in [1.82, 2.24) is 4.98 Å². The molecule has 1 atom stereocenters. The SMILES string of the molecule is COc1ccc2c(C3c4ccccc4C=C(c4ccccc4)N3c3ccc(F)cc3)c[nH]c2c1. The van der Waals surface area contributed by atoms with Crippen LogP contribution >= 0.6 is 0 Å². The Balaban J connectivity index is 1.63. The van der Waals surface area contributed by atoms with Gasteiger partial charge in [-0.15, -0.1) is 0 Å². The third-order valence-corrected chi connectivity index (χ3v) is 6.49. The van der Waals surface area contributed by atoms with E-state index >= 15 is 0 Å². The molecule has 0 bridgehead atoms. The van der Waals surface area contributed by atoms with E-state index in [0.717, 1.165) is 39.2 Å². The highest BCUT2D eigenvalue weighted by molar-refractivity contribution is 5.96. The maximum absolute atomic E-state index is 13.9. The van der Waals surface area contributed by atoms with Crippen LogP contribution in [0.25, 0.3) is 22.7 Å². The normalized spacial score (nSPS) is 15.2. The lowest BCUT2D eigenvalue weighted by Crippen LogP contribution is -2.31. The third-order valence-electron chi connectivity index (χ3n) is 6.49. The summed E-state index contributed by atoms with van der Waals surface area (Å²) in [7, 11) is 1.68. The molecule has 0 saturated heterocycles. The van der Waals surface area contributed by atoms with E-state index in [-0.39, 0.29) is 11.9 Å². The molecule has 0 radical (unpaired) electrons. The van der Waals surface area contributed by atoms with Crippen molar-refractivity contribution in [2.45, 2.75) is 6.04 Å². The van der Waals surface area contributed by atoms with E-state index in [4.69, 9.17) is 4.74 Å². The topological polar surface area (TPSA) is 28.3 Å². The molecule has 0 spiro atoms. The maximum Gasteiger partial charge on any atom is 0.123 e. The lowest BCUT2D eigenvalue weighted by Gasteiger charge is -2.40. The minimum atomic E-state index is -0.248. The van der Waals surface area contributed by atoms with E-state index in [1.165, 1.54) is 23.3 Å². The van der Waals surface area contributed by atoms with Crippen molar-refractivity contribution in [2.75, 3.05) is 12.0 Å². The predicted octanol–water partition coefficient (Wildman–Crippen LogP) is 7.42. The summed E-state index contributed by atoms with van der Waals surface area (Å²) in [6.45, 7) is 0. The van der Waals surface area contributed by atoms with Gasteiger partial charge < -0.3 is 14.6 Å². The van der Waals surface area contributed by atoms with E-state index in [2.05, 4.69) is 64.6 Å².